The predicted octanol–water partition coefficient (Wildman–Crippen LogP) is 4.07. The molecule has 0 N–H and O–H groups in total. The van der Waals surface area contributed by atoms with Gasteiger partial charge in [0.2, 0.25) is 0 Å². The Bertz CT molecular complexity index is 916. The van der Waals surface area contributed by atoms with Crippen LogP contribution in [0.1, 0.15) is 0 Å². The lowest BCUT2D eigenvalue weighted by Crippen LogP contribution is -2.34. The van der Waals surface area contributed by atoms with E-state index in [2.05, 4.69) is 4.98 Å². The van der Waals surface area contributed by atoms with Crippen LogP contribution in [0, 0.1) is 0 Å². The number of thiazole rings is 1. The standard InChI is InChI=1S/C17H15ClN2O3S2/c18-14-5-4-6-15(13-14)23-11-10-20(17-19-9-12-24-17)25(21,22)16-7-2-1-3-8-16/h1-9,12-13H,10-11H2. The topological polar surface area (TPSA) is 59.5 Å². The molecule has 2 aromatic carbocycles. The molecule has 25 heavy (non-hydrogen) atoms. The van der Waals surface area contributed by atoms with Gasteiger partial charge in [0.05, 0.1) is 11.4 Å². The van der Waals surface area contributed by atoms with Crippen molar-refractivity contribution in [2.45, 2.75) is 4.90 Å². The monoisotopic (exact) mass is 394 g/mol. The maximum absolute atomic E-state index is 12.9. The summed E-state index contributed by atoms with van der Waals surface area (Å²) in [5.41, 5.74) is 0. The van der Waals surface area contributed by atoms with Crippen LogP contribution in [-0.2, 0) is 10.0 Å². The number of halogens is 1. The lowest BCUT2D eigenvalue weighted by Gasteiger charge is -2.21. The Balaban J connectivity index is 1.79. The number of ether oxygens (including phenoxy) is 1. The Labute approximate surface area is 155 Å². The predicted molar refractivity (Wildman–Crippen MR) is 100 cm³/mol. The van der Waals surface area contributed by atoms with Gasteiger partial charge in [0.15, 0.2) is 5.13 Å². The Morgan fingerprint density at radius 3 is 2.60 bits per heavy atom. The molecule has 3 aromatic rings. The lowest BCUT2D eigenvalue weighted by atomic mass is 10.3. The van der Waals surface area contributed by atoms with E-state index >= 15 is 0 Å². The maximum Gasteiger partial charge on any atom is 0.266 e. The number of benzene rings is 2. The van der Waals surface area contributed by atoms with Crippen LogP contribution >= 0.6 is 22.9 Å². The molecule has 0 atom stereocenters. The van der Waals surface area contributed by atoms with Crippen molar-refractivity contribution in [2.24, 2.45) is 0 Å². The molecule has 0 fully saturated rings. The van der Waals surface area contributed by atoms with Crippen LogP contribution < -0.4 is 9.04 Å². The highest BCUT2D eigenvalue weighted by molar-refractivity contribution is 7.93. The molecule has 0 radical (unpaired) electrons. The van der Waals surface area contributed by atoms with Gasteiger partial charge in [0, 0.05) is 16.6 Å². The van der Waals surface area contributed by atoms with E-state index in [0.717, 1.165) is 0 Å². The molecule has 130 valence electrons. The average Bonchev–Trinajstić information content (AvgIpc) is 3.13. The van der Waals surface area contributed by atoms with Crippen LogP contribution in [-0.4, -0.2) is 26.6 Å². The number of nitrogens with zero attached hydrogens (tertiary/aromatic N) is 2. The third-order valence-electron chi connectivity index (χ3n) is 3.32. The van der Waals surface area contributed by atoms with Crippen LogP contribution in [0.5, 0.6) is 5.75 Å². The molecule has 1 aromatic heterocycles. The number of anilines is 1. The molecule has 0 spiro atoms. The second-order valence-electron chi connectivity index (χ2n) is 5.01. The van der Waals surface area contributed by atoms with Gasteiger partial charge in [-0.15, -0.1) is 11.3 Å². The van der Waals surface area contributed by atoms with E-state index in [4.69, 9.17) is 16.3 Å². The summed E-state index contributed by atoms with van der Waals surface area (Å²) < 4.78 is 32.8. The lowest BCUT2D eigenvalue weighted by molar-refractivity contribution is 0.328. The largest absolute Gasteiger partial charge is 0.492 e. The fraction of sp³-hybridized carbons (Fsp3) is 0.118. The number of hydrogen-bond donors (Lipinski definition) is 0. The summed E-state index contributed by atoms with van der Waals surface area (Å²) in [7, 11) is -3.71. The molecule has 8 heteroatoms. The van der Waals surface area contributed by atoms with Crippen molar-refractivity contribution >= 4 is 38.1 Å². The van der Waals surface area contributed by atoms with Crippen LogP contribution in [0.15, 0.2) is 71.1 Å². The van der Waals surface area contributed by atoms with E-state index in [1.807, 2.05) is 0 Å². The zero-order chi connectivity index (χ0) is 17.7. The highest BCUT2D eigenvalue weighted by Crippen LogP contribution is 2.25. The van der Waals surface area contributed by atoms with E-state index in [9.17, 15) is 8.42 Å². The van der Waals surface area contributed by atoms with Crippen molar-refractivity contribution in [1.82, 2.24) is 4.98 Å². The quantitative estimate of drug-likeness (QED) is 0.606. The molecule has 0 unspecified atom stereocenters. The Kier molecular flexibility index (Phi) is 5.57. The first-order valence-electron chi connectivity index (χ1n) is 7.43. The van der Waals surface area contributed by atoms with Crippen LogP contribution in [0.4, 0.5) is 5.13 Å². The van der Waals surface area contributed by atoms with Crippen molar-refractivity contribution < 1.29 is 13.2 Å². The summed E-state index contributed by atoms with van der Waals surface area (Å²) in [6.07, 6.45) is 1.57. The fourth-order valence-electron chi connectivity index (χ4n) is 2.18. The molecule has 3 rings (SSSR count). The SMILES string of the molecule is O=S(=O)(c1ccccc1)N(CCOc1cccc(Cl)c1)c1nccs1. The molecule has 0 aliphatic rings. The van der Waals surface area contributed by atoms with Gasteiger partial charge in [0.25, 0.3) is 10.0 Å². The summed E-state index contributed by atoms with van der Waals surface area (Å²) in [6, 6.07) is 15.3. The number of rotatable bonds is 7. The average molecular weight is 395 g/mol. The molecule has 0 amide bonds. The first-order chi connectivity index (χ1) is 12.1. The smallest absolute Gasteiger partial charge is 0.266 e. The van der Waals surface area contributed by atoms with E-state index in [-0.39, 0.29) is 18.0 Å². The van der Waals surface area contributed by atoms with Gasteiger partial charge in [0.1, 0.15) is 12.4 Å². The molecule has 0 aliphatic carbocycles. The normalized spacial score (nSPS) is 11.2. The molecule has 0 aliphatic heterocycles. The summed E-state index contributed by atoms with van der Waals surface area (Å²) in [5.74, 6) is 0.587. The number of sulfonamides is 1. The second kappa shape index (κ2) is 7.86. The molecule has 0 saturated heterocycles. The van der Waals surface area contributed by atoms with Gasteiger partial charge in [-0.25, -0.2) is 17.7 Å². The van der Waals surface area contributed by atoms with Crippen LogP contribution in [0.3, 0.4) is 0 Å². The first-order valence-corrected chi connectivity index (χ1v) is 10.1. The van der Waals surface area contributed by atoms with Crippen LogP contribution in [0.2, 0.25) is 5.02 Å². The summed E-state index contributed by atoms with van der Waals surface area (Å²) >= 11 is 7.19. The molecular formula is C17H15ClN2O3S2. The van der Waals surface area contributed by atoms with Gasteiger partial charge in [-0.05, 0) is 30.3 Å². The molecule has 0 saturated carbocycles. The summed E-state index contributed by atoms with van der Waals surface area (Å²) in [6.45, 7) is 0.309. The van der Waals surface area contributed by atoms with E-state index < -0.39 is 10.0 Å². The third kappa shape index (κ3) is 4.31. The van der Waals surface area contributed by atoms with Gasteiger partial charge >= 0.3 is 0 Å². The Morgan fingerprint density at radius 2 is 1.92 bits per heavy atom. The third-order valence-corrected chi connectivity index (χ3v) is 6.27. The fourth-order valence-corrected chi connectivity index (χ4v) is 4.68. The van der Waals surface area contributed by atoms with Crippen molar-refractivity contribution in [1.29, 1.82) is 0 Å². The highest BCUT2D eigenvalue weighted by atomic mass is 35.5. The second-order valence-corrected chi connectivity index (χ2v) is 8.18. The minimum Gasteiger partial charge on any atom is -0.492 e. The molecule has 1 heterocycles. The van der Waals surface area contributed by atoms with Crippen LogP contribution in [0.25, 0.3) is 0 Å². The minimum absolute atomic E-state index is 0.136. The van der Waals surface area contributed by atoms with Crippen molar-refractivity contribution in [3.8, 4) is 5.75 Å². The van der Waals surface area contributed by atoms with Gasteiger partial charge in [-0.1, -0.05) is 35.9 Å². The number of hydrogen-bond acceptors (Lipinski definition) is 5. The number of aromatic nitrogens is 1. The van der Waals surface area contributed by atoms with Crippen molar-refractivity contribution in [3.05, 3.63) is 71.2 Å². The molecular weight excluding hydrogens is 380 g/mol. The van der Waals surface area contributed by atoms with E-state index in [1.165, 1.54) is 15.6 Å². The Hall–Kier alpha value is -2.09. The zero-order valence-electron chi connectivity index (χ0n) is 13.1. The van der Waals surface area contributed by atoms with Gasteiger partial charge in [-0.3, -0.25) is 0 Å². The Morgan fingerprint density at radius 1 is 1.12 bits per heavy atom. The highest BCUT2D eigenvalue weighted by Gasteiger charge is 2.26. The zero-order valence-corrected chi connectivity index (χ0v) is 15.5. The van der Waals surface area contributed by atoms with E-state index in [0.29, 0.717) is 15.9 Å². The molecule has 5 nitrogen and oxygen atoms in total. The summed E-state index contributed by atoms with van der Waals surface area (Å²) in [5, 5.41) is 2.70. The maximum atomic E-state index is 12.9. The van der Waals surface area contributed by atoms with Crippen molar-refractivity contribution in [3.63, 3.8) is 0 Å². The molecule has 0 bridgehead atoms. The summed E-state index contributed by atoms with van der Waals surface area (Å²) in [4.78, 5) is 4.35. The van der Waals surface area contributed by atoms with Crippen molar-refractivity contribution in [2.75, 3.05) is 17.5 Å². The van der Waals surface area contributed by atoms with Gasteiger partial charge < -0.3 is 4.74 Å². The van der Waals surface area contributed by atoms with Gasteiger partial charge in [-0.2, -0.15) is 0 Å². The minimum atomic E-state index is -3.71. The van der Waals surface area contributed by atoms with E-state index in [1.54, 1.807) is 66.2 Å². The first kappa shape index (κ1) is 17.7.